The number of ether oxygens (including phenoxy) is 1. The summed E-state index contributed by atoms with van der Waals surface area (Å²) in [6.07, 6.45) is 3.04. The van der Waals surface area contributed by atoms with E-state index >= 15 is 0 Å². The summed E-state index contributed by atoms with van der Waals surface area (Å²) in [6, 6.07) is 4.35. The van der Waals surface area contributed by atoms with Gasteiger partial charge in [-0.15, -0.1) is 11.3 Å². The van der Waals surface area contributed by atoms with Gasteiger partial charge in [-0.2, -0.15) is 0 Å². The smallest absolute Gasteiger partial charge is 0.222 e. The Balaban J connectivity index is 1.36. The Morgan fingerprint density at radius 1 is 1.26 bits per heavy atom. The summed E-state index contributed by atoms with van der Waals surface area (Å²) in [5, 5.41) is 2.15. The van der Waals surface area contributed by atoms with Gasteiger partial charge in [0.1, 0.15) is 0 Å². The lowest BCUT2D eigenvalue weighted by Gasteiger charge is -2.33. The van der Waals surface area contributed by atoms with Crippen molar-refractivity contribution >= 4 is 17.2 Å². The highest BCUT2D eigenvalue weighted by molar-refractivity contribution is 7.09. The molecule has 0 unspecified atom stereocenters. The van der Waals surface area contributed by atoms with Crippen LogP contribution >= 0.6 is 11.3 Å². The topological polar surface area (TPSA) is 32.8 Å². The summed E-state index contributed by atoms with van der Waals surface area (Å²) >= 11 is 1.84. The van der Waals surface area contributed by atoms with Gasteiger partial charge >= 0.3 is 0 Å². The minimum atomic E-state index is 0.355. The molecule has 3 aliphatic heterocycles. The third-order valence-corrected chi connectivity index (χ3v) is 6.55. The summed E-state index contributed by atoms with van der Waals surface area (Å²) in [4.78, 5) is 18.6. The zero-order valence-corrected chi connectivity index (χ0v) is 14.5. The maximum Gasteiger partial charge on any atom is 0.222 e. The molecule has 0 aromatic carbocycles. The third-order valence-electron chi connectivity index (χ3n) is 5.69. The molecule has 3 fully saturated rings. The van der Waals surface area contributed by atoms with Crippen molar-refractivity contribution in [3.63, 3.8) is 0 Å². The molecule has 1 aromatic heterocycles. The fourth-order valence-corrected chi connectivity index (χ4v) is 5.22. The average Bonchev–Trinajstić information content (AvgIpc) is 3.29. The molecule has 0 spiro atoms. The number of thiophene rings is 1. The van der Waals surface area contributed by atoms with Gasteiger partial charge in [-0.05, 0) is 42.0 Å². The molecule has 4 heterocycles. The van der Waals surface area contributed by atoms with Crippen molar-refractivity contribution in [2.24, 2.45) is 17.8 Å². The van der Waals surface area contributed by atoms with Gasteiger partial charge in [0, 0.05) is 44.0 Å². The summed E-state index contributed by atoms with van der Waals surface area (Å²) < 4.78 is 5.85. The van der Waals surface area contributed by atoms with Crippen LogP contribution < -0.4 is 0 Å². The van der Waals surface area contributed by atoms with Gasteiger partial charge in [0.2, 0.25) is 5.91 Å². The van der Waals surface area contributed by atoms with Gasteiger partial charge in [0.25, 0.3) is 0 Å². The number of hydrogen-bond donors (Lipinski definition) is 0. The van der Waals surface area contributed by atoms with Crippen LogP contribution in [-0.4, -0.2) is 55.1 Å². The quantitative estimate of drug-likeness (QED) is 0.848. The summed E-state index contributed by atoms with van der Waals surface area (Å²) in [5.74, 6) is 2.01. The van der Waals surface area contributed by atoms with Crippen LogP contribution in [0.3, 0.4) is 0 Å². The highest BCUT2D eigenvalue weighted by Crippen LogP contribution is 2.37. The van der Waals surface area contributed by atoms with Crippen LogP contribution in [0.15, 0.2) is 17.5 Å². The summed E-state index contributed by atoms with van der Waals surface area (Å²) in [6.45, 7) is 6.88. The van der Waals surface area contributed by atoms with Crippen LogP contribution in [-0.2, 0) is 16.1 Å². The molecule has 1 amide bonds. The van der Waals surface area contributed by atoms with Crippen molar-refractivity contribution in [2.45, 2.75) is 25.8 Å². The zero-order chi connectivity index (χ0) is 15.6. The lowest BCUT2D eigenvalue weighted by atomic mass is 9.81. The number of hydrogen-bond acceptors (Lipinski definition) is 4. The molecule has 0 aliphatic carbocycles. The number of carbonyl (C=O) groups excluding carboxylic acids is 1. The number of rotatable bonds is 4. The number of nitrogens with zero attached hydrogens (tertiary/aromatic N) is 2. The van der Waals surface area contributed by atoms with Crippen molar-refractivity contribution in [1.29, 1.82) is 0 Å². The average molecular weight is 334 g/mol. The van der Waals surface area contributed by atoms with Crippen LogP contribution in [0.5, 0.6) is 0 Å². The Morgan fingerprint density at radius 3 is 2.91 bits per heavy atom. The van der Waals surface area contributed by atoms with Crippen molar-refractivity contribution < 1.29 is 9.53 Å². The first-order valence-electron chi connectivity index (χ1n) is 8.90. The van der Waals surface area contributed by atoms with E-state index in [1.54, 1.807) is 0 Å². The van der Waals surface area contributed by atoms with Gasteiger partial charge < -0.3 is 9.64 Å². The SMILES string of the molecule is O=C(C[C@@H]1COC[C@H]2CN(Cc3cccs3)C[C@@H]12)N1CCCC1. The number of amides is 1. The molecule has 3 saturated heterocycles. The van der Waals surface area contributed by atoms with Crippen LogP contribution in [0.1, 0.15) is 24.1 Å². The normalized spacial score (nSPS) is 31.5. The van der Waals surface area contributed by atoms with E-state index < -0.39 is 0 Å². The molecular weight excluding hydrogens is 308 g/mol. The van der Waals surface area contributed by atoms with Crippen LogP contribution in [0.2, 0.25) is 0 Å². The van der Waals surface area contributed by atoms with Gasteiger partial charge in [-0.1, -0.05) is 6.07 Å². The number of fused-ring (bicyclic) bond motifs is 1. The van der Waals surface area contributed by atoms with Crippen LogP contribution in [0.25, 0.3) is 0 Å². The molecule has 4 nitrogen and oxygen atoms in total. The van der Waals surface area contributed by atoms with Gasteiger partial charge in [-0.3, -0.25) is 9.69 Å². The van der Waals surface area contributed by atoms with Crippen molar-refractivity contribution in [2.75, 3.05) is 39.4 Å². The van der Waals surface area contributed by atoms with E-state index in [1.807, 2.05) is 11.3 Å². The standard InChI is InChI=1S/C18H26N2O2S/c21-18(20-5-1-2-6-20)8-14-12-22-13-15-9-19(11-17(14)15)10-16-4-3-7-23-16/h3-4,7,14-15,17H,1-2,5-6,8-13H2/t14-,15-,17+/m1/s1. The second kappa shape index (κ2) is 6.91. The molecule has 3 aliphatic rings. The van der Waals surface area contributed by atoms with E-state index in [-0.39, 0.29) is 0 Å². The monoisotopic (exact) mass is 334 g/mol. The van der Waals surface area contributed by atoms with Gasteiger partial charge in [0.05, 0.1) is 13.2 Å². The Morgan fingerprint density at radius 2 is 2.13 bits per heavy atom. The van der Waals surface area contributed by atoms with Crippen molar-refractivity contribution in [3.8, 4) is 0 Å². The minimum absolute atomic E-state index is 0.355. The van der Waals surface area contributed by atoms with Crippen molar-refractivity contribution in [1.82, 2.24) is 9.80 Å². The second-order valence-electron chi connectivity index (χ2n) is 7.29. The van der Waals surface area contributed by atoms with E-state index in [2.05, 4.69) is 27.3 Å². The fraction of sp³-hybridized carbons (Fsp3) is 0.722. The van der Waals surface area contributed by atoms with Crippen LogP contribution in [0, 0.1) is 17.8 Å². The summed E-state index contributed by atoms with van der Waals surface area (Å²) in [5.41, 5.74) is 0. The minimum Gasteiger partial charge on any atom is -0.381 e. The molecule has 126 valence electrons. The predicted molar refractivity (Wildman–Crippen MR) is 91.3 cm³/mol. The van der Waals surface area contributed by atoms with E-state index in [0.29, 0.717) is 30.1 Å². The Hall–Kier alpha value is -0.910. The second-order valence-corrected chi connectivity index (χ2v) is 8.32. The first kappa shape index (κ1) is 15.6. The molecule has 0 saturated carbocycles. The van der Waals surface area contributed by atoms with Gasteiger partial charge in [0.15, 0.2) is 0 Å². The Bertz CT molecular complexity index is 527. The maximum atomic E-state index is 12.5. The Kier molecular flexibility index (Phi) is 4.69. The lowest BCUT2D eigenvalue weighted by molar-refractivity contribution is -0.133. The highest BCUT2D eigenvalue weighted by atomic mass is 32.1. The predicted octanol–water partition coefficient (Wildman–Crippen LogP) is 2.46. The first-order valence-corrected chi connectivity index (χ1v) is 9.78. The molecular formula is C18H26N2O2S. The molecule has 4 rings (SSSR count). The van der Waals surface area contributed by atoms with Crippen LogP contribution in [0.4, 0.5) is 0 Å². The van der Waals surface area contributed by atoms with E-state index in [0.717, 1.165) is 45.9 Å². The van der Waals surface area contributed by atoms with Crippen molar-refractivity contribution in [3.05, 3.63) is 22.4 Å². The lowest BCUT2D eigenvalue weighted by Crippen LogP contribution is -2.39. The molecule has 5 heteroatoms. The molecule has 0 N–H and O–H groups in total. The van der Waals surface area contributed by atoms with E-state index in [1.165, 1.54) is 17.7 Å². The number of likely N-dealkylation sites (tertiary alicyclic amines) is 2. The maximum absolute atomic E-state index is 12.5. The first-order chi connectivity index (χ1) is 11.3. The largest absolute Gasteiger partial charge is 0.381 e. The van der Waals surface area contributed by atoms with E-state index in [4.69, 9.17) is 4.74 Å². The summed E-state index contributed by atoms with van der Waals surface area (Å²) in [7, 11) is 0. The third kappa shape index (κ3) is 3.47. The zero-order valence-electron chi connectivity index (χ0n) is 13.7. The molecule has 3 atom stereocenters. The van der Waals surface area contributed by atoms with E-state index in [9.17, 15) is 4.79 Å². The molecule has 1 aromatic rings. The molecule has 0 radical (unpaired) electrons. The Labute approximate surface area is 142 Å². The number of carbonyl (C=O) groups is 1. The van der Waals surface area contributed by atoms with Gasteiger partial charge in [-0.25, -0.2) is 0 Å². The molecule has 23 heavy (non-hydrogen) atoms. The fourth-order valence-electron chi connectivity index (χ4n) is 4.48. The highest BCUT2D eigenvalue weighted by Gasteiger charge is 2.42. The molecule has 0 bridgehead atoms.